The molecule has 0 radical (unpaired) electrons. The van der Waals surface area contributed by atoms with Crippen LogP contribution in [0.4, 0.5) is 5.69 Å². The maximum absolute atomic E-state index is 11.1. The summed E-state index contributed by atoms with van der Waals surface area (Å²) in [5.41, 5.74) is 1.11. The van der Waals surface area contributed by atoms with Crippen LogP contribution < -0.4 is 5.32 Å². The van der Waals surface area contributed by atoms with Crippen molar-refractivity contribution in [3.8, 4) is 0 Å². The molecule has 5 nitrogen and oxygen atoms in total. The van der Waals surface area contributed by atoms with E-state index in [9.17, 15) is 10.1 Å². The molecule has 2 atom stereocenters. The Morgan fingerprint density at radius 2 is 2.14 bits per heavy atom. The van der Waals surface area contributed by atoms with E-state index >= 15 is 0 Å². The first-order valence-electron chi connectivity index (χ1n) is 7.95. The van der Waals surface area contributed by atoms with Gasteiger partial charge in [-0.15, -0.1) is 0 Å². The average molecular weight is 289 g/mol. The summed E-state index contributed by atoms with van der Waals surface area (Å²) < 4.78 is 0. The van der Waals surface area contributed by atoms with Gasteiger partial charge in [-0.2, -0.15) is 0 Å². The Morgan fingerprint density at radius 3 is 2.90 bits per heavy atom. The number of rotatable bonds is 5. The fourth-order valence-electron chi connectivity index (χ4n) is 3.79. The Balaban J connectivity index is 1.63. The van der Waals surface area contributed by atoms with Gasteiger partial charge in [-0.05, 0) is 45.2 Å². The molecule has 2 aliphatic heterocycles. The molecule has 1 aromatic carbocycles. The summed E-state index contributed by atoms with van der Waals surface area (Å²) in [4.78, 5) is 13.3. The maximum Gasteiger partial charge on any atom is 0.272 e. The van der Waals surface area contributed by atoms with E-state index in [0.29, 0.717) is 12.1 Å². The molecule has 0 aromatic heterocycles. The Kier molecular flexibility index (Phi) is 4.51. The monoisotopic (exact) mass is 289 g/mol. The summed E-state index contributed by atoms with van der Waals surface area (Å²) in [7, 11) is 0. The van der Waals surface area contributed by atoms with E-state index in [2.05, 4.69) is 10.2 Å². The highest BCUT2D eigenvalue weighted by Gasteiger charge is 2.32. The molecule has 0 saturated carbocycles. The molecular formula is C16H23N3O2. The first-order chi connectivity index (χ1) is 10.3. The average Bonchev–Trinajstić information content (AvgIpc) is 3.16. The lowest BCUT2D eigenvalue weighted by Crippen LogP contribution is -2.44. The second kappa shape index (κ2) is 6.54. The minimum Gasteiger partial charge on any atom is -0.312 e. The highest BCUT2D eigenvalue weighted by molar-refractivity contribution is 5.39. The molecule has 5 heteroatoms. The van der Waals surface area contributed by atoms with E-state index in [1.54, 1.807) is 12.1 Å². The largest absolute Gasteiger partial charge is 0.312 e. The van der Waals surface area contributed by atoms with E-state index in [0.717, 1.165) is 31.6 Å². The van der Waals surface area contributed by atoms with Gasteiger partial charge in [-0.3, -0.25) is 15.0 Å². The van der Waals surface area contributed by atoms with E-state index < -0.39 is 0 Å². The minimum atomic E-state index is -0.269. The Hall–Kier alpha value is -1.46. The zero-order chi connectivity index (χ0) is 14.7. The van der Waals surface area contributed by atoms with Crippen molar-refractivity contribution in [1.29, 1.82) is 0 Å². The summed E-state index contributed by atoms with van der Waals surface area (Å²) >= 11 is 0. The Bertz CT molecular complexity index is 500. The Morgan fingerprint density at radius 1 is 1.29 bits per heavy atom. The first-order valence-corrected chi connectivity index (χ1v) is 7.95. The molecular weight excluding hydrogens is 266 g/mol. The van der Waals surface area contributed by atoms with Crippen molar-refractivity contribution in [3.05, 3.63) is 39.9 Å². The van der Waals surface area contributed by atoms with Gasteiger partial charge < -0.3 is 5.32 Å². The highest BCUT2D eigenvalue weighted by Crippen LogP contribution is 2.26. The molecule has 0 bridgehead atoms. The van der Waals surface area contributed by atoms with Gasteiger partial charge in [-0.1, -0.05) is 18.2 Å². The van der Waals surface area contributed by atoms with Crippen LogP contribution in [0, 0.1) is 10.1 Å². The van der Waals surface area contributed by atoms with Crippen molar-refractivity contribution in [2.45, 2.75) is 44.2 Å². The standard InChI is InChI=1S/C16H23N3O2/c20-19(21)15-7-2-1-5-13(15)9-12-18-11-4-8-16(18)14-6-3-10-17-14/h1-2,5,7,14,16-17H,3-4,6,8-12H2. The van der Waals surface area contributed by atoms with Gasteiger partial charge in [0.1, 0.15) is 0 Å². The molecule has 0 spiro atoms. The number of likely N-dealkylation sites (tertiary alicyclic amines) is 1. The summed E-state index contributed by atoms with van der Waals surface area (Å²) in [5, 5.41) is 14.7. The molecule has 2 saturated heterocycles. The minimum absolute atomic E-state index is 0.257. The fraction of sp³-hybridized carbons (Fsp3) is 0.625. The summed E-state index contributed by atoms with van der Waals surface area (Å²) in [6.07, 6.45) is 5.82. The Labute approximate surface area is 125 Å². The number of para-hydroxylation sites is 1. The second-order valence-corrected chi connectivity index (χ2v) is 6.08. The summed E-state index contributed by atoms with van der Waals surface area (Å²) in [5.74, 6) is 0. The van der Waals surface area contributed by atoms with Crippen LogP contribution in [0.5, 0.6) is 0 Å². The van der Waals surface area contributed by atoms with Crippen LogP contribution in [0.2, 0.25) is 0 Å². The predicted molar refractivity (Wildman–Crippen MR) is 82.4 cm³/mol. The lowest BCUT2D eigenvalue weighted by molar-refractivity contribution is -0.385. The van der Waals surface area contributed by atoms with E-state index in [1.165, 1.54) is 25.7 Å². The third-order valence-electron chi connectivity index (χ3n) is 4.83. The third kappa shape index (κ3) is 3.24. The van der Waals surface area contributed by atoms with Crippen molar-refractivity contribution >= 4 is 5.69 Å². The molecule has 2 heterocycles. The molecule has 0 amide bonds. The van der Waals surface area contributed by atoms with Crippen LogP contribution in [0.1, 0.15) is 31.2 Å². The maximum atomic E-state index is 11.1. The summed E-state index contributed by atoms with van der Waals surface area (Å²) in [6.45, 7) is 3.19. The van der Waals surface area contributed by atoms with Gasteiger partial charge in [0.05, 0.1) is 4.92 Å². The molecule has 0 aliphatic carbocycles. The van der Waals surface area contributed by atoms with E-state index in [1.807, 2.05) is 12.1 Å². The smallest absolute Gasteiger partial charge is 0.272 e. The van der Waals surface area contributed by atoms with Crippen molar-refractivity contribution < 1.29 is 4.92 Å². The molecule has 2 aliphatic rings. The molecule has 1 N–H and O–H groups in total. The zero-order valence-electron chi connectivity index (χ0n) is 12.3. The van der Waals surface area contributed by atoms with Gasteiger partial charge in [0, 0.05) is 30.3 Å². The molecule has 114 valence electrons. The van der Waals surface area contributed by atoms with Gasteiger partial charge in [-0.25, -0.2) is 0 Å². The molecule has 2 fully saturated rings. The normalized spacial score (nSPS) is 26.3. The summed E-state index contributed by atoms with van der Waals surface area (Å²) in [6, 6.07) is 8.37. The van der Waals surface area contributed by atoms with Crippen molar-refractivity contribution in [2.24, 2.45) is 0 Å². The van der Waals surface area contributed by atoms with Crippen LogP contribution >= 0.6 is 0 Å². The van der Waals surface area contributed by atoms with Crippen LogP contribution in [-0.2, 0) is 6.42 Å². The van der Waals surface area contributed by atoms with Gasteiger partial charge >= 0.3 is 0 Å². The fourth-order valence-corrected chi connectivity index (χ4v) is 3.79. The predicted octanol–water partition coefficient (Wildman–Crippen LogP) is 2.35. The quantitative estimate of drug-likeness (QED) is 0.668. The van der Waals surface area contributed by atoms with E-state index in [4.69, 9.17) is 0 Å². The number of hydrogen-bond acceptors (Lipinski definition) is 4. The third-order valence-corrected chi connectivity index (χ3v) is 4.83. The number of nitrogens with one attached hydrogen (secondary N) is 1. The van der Waals surface area contributed by atoms with Crippen molar-refractivity contribution in [3.63, 3.8) is 0 Å². The first kappa shape index (κ1) is 14.5. The van der Waals surface area contributed by atoms with E-state index in [-0.39, 0.29) is 10.6 Å². The topological polar surface area (TPSA) is 58.4 Å². The molecule has 2 unspecified atom stereocenters. The van der Waals surface area contributed by atoms with Crippen LogP contribution in [0.25, 0.3) is 0 Å². The molecule has 1 aromatic rings. The van der Waals surface area contributed by atoms with Gasteiger partial charge in [0.15, 0.2) is 0 Å². The number of nitro groups is 1. The highest BCUT2D eigenvalue weighted by atomic mass is 16.6. The van der Waals surface area contributed by atoms with Crippen LogP contribution in [0.15, 0.2) is 24.3 Å². The van der Waals surface area contributed by atoms with Gasteiger partial charge in [0.2, 0.25) is 0 Å². The zero-order valence-corrected chi connectivity index (χ0v) is 12.3. The van der Waals surface area contributed by atoms with Crippen molar-refractivity contribution in [1.82, 2.24) is 10.2 Å². The number of nitrogens with zero attached hydrogens (tertiary/aromatic N) is 2. The number of hydrogen-bond donors (Lipinski definition) is 1. The van der Waals surface area contributed by atoms with Gasteiger partial charge in [0.25, 0.3) is 5.69 Å². The number of benzene rings is 1. The molecule has 3 rings (SSSR count). The molecule has 21 heavy (non-hydrogen) atoms. The van der Waals surface area contributed by atoms with Crippen LogP contribution in [0.3, 0.4) is 0 Å². The van der Waals surface area contributed by atoms with Crippen LogP contribution in [-0.4, -0.2) is 41.5 Å². The second-order valence-electron chi connectivity index (χ2n) is 6.08. The lowest BCUT2D eigenvalue weighted by atomic mass is 10.0. The van der Waals surface area contributed by atoms with Crippen molar-refractivity contribution in [2.75, 3.05) is 19.6 Å². The number of nitro benzene ring substituents is 1. The lowest BCUT2D eigenvalue weighted by Gasteiger charge is -2.29. The SMILES string of the molecule is O=[N+]([O-])c1ccccc1CCN1CCCC1C1CCCN1.